The number of anilines is 1. The fraction of sp³-hybridized carbons (Fsp3) is 0.333. The van der Waals surface area contributed by atoms with Crippen LogP contribution in [0.5, 0.6) is 0 Å². The van der Waals surface area contributed by atoms with E-state index < -0.39 is 0 Å². The zero-order chi connectivity index (χ0) is 10.7. The third kappa shape index (κ3) is 2.48. The van der Waals surface area contributed by atoms with Crippen molar-refractivity contribution in [3.63, 3.8) is 0 Å². The Balaban J connectivity index is 2.13. The quantitative estimate of drug-likeness (QED) is 0.907. The molecule has 1 N–H and O–H groups in total. The van der Waals surface area contributed by atoms with Gasteiger partial charge in [0, 0.05) is 4.88 Å². The van der Waals surface area contributed by atoms with E-state index >= 15 is 0 Å². The van der Waals surface area contributed by atoms with Gasteiger partial charge in [-0.2, -0.15) is 8.75 Å². The number of halogens is 1. The van der Waals surface area contributed by atoms with Crippen LogP contribution in [0.3, 0.4) is 0 Å². The molecule has 15 heavy (non-hydrogen) atoms. The van der Waals surface area contributed by atoms with E-state index in [0.29, 0.717) is 11.0 Å². The number of hydrogen-bond acceptors (Lipinski definition) is 5. The van der Waals surface area contributed by atoms with Crippen molar-refractivity contribution in [2.24, 2.45) is 0 Å². The standard InChI is InChI=1S/C9H10ClN3S2/c1-2-6(7-4-3-5-14-7)11-9-8(10)12-15-13-9/h3-6H,2H2,1H3,(H,11,13). The molecule has 0 saturated heterocycles. The van der Waals surface area contributed by atoms with Crippen LogP contribution in [0.25, 0.3) is 0 Å². The predicted octanol–water partition coefficient (Wildman–Crippen LogP) is 3.82. The molecule has 0 saturated carbocycles. The Kier molecular flexibility index (Phi) is 3.56. The molecule has 0 bridgehead atoms. The molecular formula is C9H10ClN3S2. The van der Waals surface area contributed by atoms with Gasteiger partial charge in [-0.25, -0.2) is 0 Å². The zero-order valence-electron chi connectivity index (χ0n) is 8.11. The Morgan fingerprint density at radius 3 is 2.93 bits per heavy atom. The summed E-state index contributed by atoms with van der Waals surface area (Å²) in [6.07, 6.45) is 0.994. The van der Waals surface area contributed by atoms with Crippen LogP contribution in [0.15, 0.2) is 17.5 Å². The van der Waals surface area contributed by atoms with E-state index in [1.54, 1.807) is 11.3 Å². The molecule has 0 radical (unpaired) electrons. The SMILES string of the molecule is CCC(Nc1nsnc1Cl)c1cccs1. The molecule has 0 aromatic carbocycles. The monoisotopic (exact) mass is 259 g/mol. The first-order valence-corrected chi connectivity index (χ1v) is 6.58. The van der Waals surface area contributed by atoms with Crippen LogP contribution >= 0.6 is 34.7 Å². The summed E-state index contributed by atoms with van der Waals surface area (Å²) >= 11 is 8.74. The molecule has 6 heteroatoms. The molecular weight excluding hydrogens is 250 g/mol. The lowest BCUT2D eigenvalue weighted by Gasteiger charge is -2.14. The Bertz CT molecular complexity index is 413. The maximum Gasteiger partial charge on any atom is 0.186 e. The number of nitrogens with one attached hydrogen (secondary N) is 1. The smallest absolute Gasteiger partial charge is 0.186 e. The van der Waals surface area contributed by atoms with Crippen LogP contribution in [-0.4, -0.2) is 8.75 Å². The number of hydrogen-bond donors (Lipinski definition) is 1. The summed E-state index contributed by atoms with van der Waals surface area (Å²) in [5.41, 5.74) is 0. The summed E-state index contributed by atoms with van der Waals surface area (Å²) in [5, 5.41) is 5.82. The normalized spacial score (nSPS) is 12.7. The Hall–Kier alpha value is -0.650. The minimum atomic E-state index is 0.270. The Labute approximate surface area is 101 Å². The number of aromatic nitrogens is 2. The lowest BCUT2D eigenvalue weighted by atomic mass is 10.2. The van der Waals surface area contributed by atoms with Crippen LogP contribution in [0, 0.1) is 0 Å². The lowest BCUT2D eigenvalue weighted by molar-refractivity contribution is 0.760. The fourth-order valence-electron chi connectivity index (χ4n) is 1.29. The second-order valence-electron chi connectivity index (χ2n) is 3.02. The molecule has 1 unspecified atom stereocenters. The second-order valence-corrected chi connectivity index (χ2v) is 4.89. The minimum Gasteiger partial charge on any atom is -0.359 e. The van der Waals surface area contributed by atoms with Crippen molar-refractivity contribution in [3.8, 4) is 0 Å². The van der Waals surface area contributed by atoms with Gasteiger partial charge in [-0.3, -0.25) is 0 Å². The molecule has 0 aliphatic carbocycles. The summed E-state index contributed by atoms with van der Waals surface area (Å²) in [4.78, 5) is 1.29. The van der Waals surface area contributed by atoms with Gasteiger partial charge in [-0.1, -0.05) is 24.6 Å². The minimum absolute atomic E-state index is 0.270. The molecule has 0 amide bonds. The van der Waals surface area contributed by atoms with Crippen LogP contribution < -0.4 is 5.32 Å². The van der Waals surface area contributed by atoms with Gasteiger partial charge in [-0.15, -0.1) is 11.3 Å². The van der Waals surface area contributed by atoms with Crippen molar-refractivity contribution in [1.82, 2.24) is 8.75 Å². The van der Waals surface area contributed by atoms with Crippen LogP contribution in [-0.2, 0) is 0 Å². The van der Waals surface area contributed by atoms with Gasteiger partial charge in [-0.05, 0) is 17.9 Å². The zero-order valence-corrected chi connectivity index (χ0v) is 10.5. The van der Waals surface area contributed by atoms with Gasteiger partial charge in [0.25, 0.3) is 0 Å². The third-order valence-corrected chi connectivity index (χ3v) is 3.93. The largest absolute Gasteiger partial charge is 0.359 e. The molecule has 3 nitrogen and oxygen atoms in total. The summed E-state index contributed by atoms with van der Waals surface area (Å²) in [6.45, 7) is 2.13. The number of rotatable bonds is 4. The van der Waals surface area contributed by atoms with Crippen molar-refractivity contribution in [2.75, 3.05) is 5.32 Å². The first-order chi connectivity index (χ1) is 7.31. The third-order valence-electron chi connectivity index (χ3n) is 2.05. The molecule has 2 aromatic rings. The molecule has 2 aromatic heterocycles. The van der Waals surface area contributed by atoms with Gasteiger partial charge < -0.3 is 5.32 Å². The number of nitrogens with zero attached hydrogens (tertiary/aromatic N) is 2. The summed E-state index contributed by atoms with van der Waals surface area (Å²) in [7, 11) is 0. The summed E-state index contributed by atoms with van der Waals surface area (Å²) in [5.74, 6) is 0.682. The van der Waals surface area contributed by atoms with Gasteiger partial charge in [0.1, 0.15) is 0 Å². The average molecular weight is 260 g/mol. The molecule has 80 valence electrons. The fourth-order valence-corrected chi connectivity index (χ4v) is 2.81. The molecule has 2 rings (SSSR count). The van der Waals surface area contributed by atoms with Crippen molar-refractivity contribution >= 4 is 40.5 Å². The van der Waals surface area contributed by atoms with Crippen molar-refractivity contribution in [1.29, 1.82) is 0 Å². The molecule has 0 fully saturated rings. The van der Waals surface area contributed by atoms with Gasteiger partial charge in [0.05, 0.1) is 17.8 Å². The Morgan fingerprint density at radius 1 is 1.53 bits per heavy atom. The average Bonchev–Trinajstić information content (AvgIpc) is 2.86. The van der Waals surface area contributed by atoms with Gasteiger partial charge in [0.2, 0.25) is 0 Å². The van der Waals surface area contributed by atoms with E-state index in [2.05, 4.69) is 32.4 Å². The van der Waals surface area contributed by atoms with E-state index in [1.807, 2.05) is 6.07 Å². The topological polar surface area (TPSA) is 37.8 Å². The Morgan fingerprint density at radius 2 is 2.40 bits per heavy atom. The van der Waals surface area contributed by atoms with Crippen LogP contribution in [0.1, 0.15) is 24.3 Å². The molecule has 0 aliphatic rings. The summed E-state index contributed by atoms with van der Waals surface area (Å²) in [6, 6.07) is 4.43. The van der Waals surface area contributed by atoms with Crippen LogP contribution in [0.4, 0.5) is 5.82 Å². The maximum atomic E-state index is 5.88. The van der Waals surface area contributed by atoms with Crippen molar-refractivity contribution in [3.05, 3.63) is 27.5 Å². The summed E-state index contributed by atoms with van der Waals surface area (Å²) < 4.78 is 8.03. The van der Waals surface area contributed by atoms with E-state index in [-0.39, 0.29) is 6.04 Å². The molecule has 0 aliphatic heterocycles. The highest BCUT2D eigenvalue weighted by atomic mass is 35.5. The first kappa shape index (κ1) is 10.9. The predicted molar refractivity (Wildman–Crippen MR) is 65.9 cm³/mol. The van der Waals surface area contributed by atoms with E-state index in [9.17, 15) is 0 Å². The highest BCUT2D eigenvalue weighted by Gasteiger charge is 2.13. The lowest BCUT2D eigenvalue weighted by Crippen LogP contribution is -2.08. The van der Waals surface area contributed by atoms with Crippen molar-refractivity contribution < 1.29 is 0 Å². The van der Waals surface area contributed by atoms with E-state index in [4.69, 9.17) is 11.6 Å². The van der Waals surface area contributed by atoms with E-state index in [1.165, 1.54) is 4.88 Å². The first-order valence-electron chi connectivity index (χ1n) is 4.59. The van der Waals surface area contributed by atoms with Crippen molar-refractivity contribution in [2.45, 2.75) is 19.4 Å². The van der Waals surface area contributed by atoms with E-state index in [0.717, 1.165) is 18.1 Å². The van der Waals surface area contributed by atoms with Gasteiger partial charge >= 0.3 is 0 Å². The highest BCUT2D eigenvalue weighted by molar-refractivity contribution is 7.10. The van der Waals surface area contributed by atoms with Gasteiger partial charge in [0.15, 0.2) is 11.0 Å². The second kappa shape index (κ2) is 4.92. The molecule has 0 spiro atoms. The van der Waals surface area contributed by atoms with Crippen LogP contribution in [0.2, 0.25) is 5.15 Å². The molecule has 2 heterocycles. The highest BCUT2D eigenvalue weighted by Crippen LogP contribution is 2.28. The molecule has 1 atom stereocenters. The maximum absolute atomic E-state index is 5.88. The number of thiophene rings is 1.